The number of carbonyl (C=O) groups is 3. The van der Waals surface area contributed by atoms with Gasteiger partial charge in [0.1, 0.15) is 17.7 Å². The number of hydrogen-bond donors (Lipinski definition) is 2. The van der Waals surface area contributed by atoms with Gasteiger partial charge in [-0.3, -0.25) is 14.5 Å². The zero-order valence-corrected chi connectivity index (χ0v) is 18.8. The Kier molecular flexibility index (Phi) is 7.20. The lowest BCUT2D eigenvalue weighted by Crippen LogP contribution is -2.57. The van der Waals surface area contributed by atoms with Gasteiger partial charge in [-0.1, -0.05) is 24.3 Å². The van der Waals surface area contributed by atoms with Crippen LogP contribution in [0.5, 0.6) is 0 Å². The Morgan fingerprint density at radius 2 is 1.94 bits per heavy atom. The van der Waals surface area contributed by atoms with Gasteiger partial charge in [-0.25, -0.2) is 4.79 Å². The molecule has 2 N–H and O–H groups in total. The molecule has 3 atom stereocenters. The average molecular weight is 432 g/mol. The number of nitrogens with one attached hydrogen (secondary N) is 2. The van der Waals surface area contributed by atoms with E-state index < -0.39 is 23.8 Å². The minimum atomic E-state index is -0.752. The van der Waals surface area contributed by atoms with E-state index in [2.05, 4.69) is 10.6 Å². The van der Waals surface area contributed by atoms with Crippen molar-refractivity contribution in [3.05, 3.63) is 35.4 Å². The maximum Gasteiger partial charge on any atom is 0.411 e. The maximum absolute atomic E-state index is 13.1. The standard InChI is InChI=1S/C23H33N3O5/c1-15(20(27)24-13-18-10-7-11-30-18)25-21(28)19-12-16-8-5-6-9-17(16)14-26(19)22(29)31-23(2,3)4/h5-6,8-9,15,18-19H,7,10-14H2,1-4H3,(H,24,27)(H,25,28)/t15-,18+,19+/m1/s1. The van der Waals surface area contributed by atoms with Crippen molar-refractivity contribution in [2.45, 2.75) is 77.3 Å². The lowest BCUT2D eigenvalue weighted by atomic mass is 9.93. The predicted octanol–water partition coefficient (Wildman–Crippen LogP) is 2.15. The second kappa shape index (κ2) is 9.68. The van der Waals surface area contributed by atoms with E-state index in [0.717, 1.165) is 30.6 Å². The van der Waals surface area contributed by atoms with Crippen molar-refractivity contribution in [3.8, 4) is 0 Å². The number of hydrogen-bond acceptors (Lipinski definition) is 5. The van der Waals surface area contributed by atoms with E-state index in [9.17, 15) is 14.4 Å². The third-order valence-corrected chi connectivity index (χ3v) is 5.46. The number of ether oxygens (including phenoxy) is 2. The fourth-order valence-corrected chi connectivity index (χ4v) is 3.82. The van der Waals surface area contributed by atoms with Crippen molar-refractivity contribution in [3.63, 3.8) is 0 Å². The zero-order valence-electron chi connectivity index (χ0n) is 18.8. The van der Waals surface area contributed by atoms with Gasteiger partial charge in [-0.05, 0) is 51.7 Å². The first-order valence-corrected chi connectivity index (χ1v) is 10.9. The van der Waals surface area contributed by atoms with Gasteiger partial charge < -0.3 is 20.1 Å². The molecule has 1 fully saturated rings. The van der Waals surface area contributed by atoms with Crippen LogP contribution in [0.2, 0.25) is 0 Å². The fourth-order valence-electron chi connectivity index (χ4n) is 3.82. The summed E-state index contributed by atoms with van der Waals surface area (Å²) < 4.78 is 11.0. The summed E-state index contributed by atoms with van der Waals surface area (Å²) in [5, 5.41) is 5.59. The van der Waals surface area contributed by atoms with Crippen LogP contribution in [0.25, 0.3) is 0 Å². The van der Waals surface area contributed by atoms with E-state index in [0.29, 0.717) is 13.0 Å². The molecule has 2 aliphatic rings. The lowest BCUT2D eigenvalue weighted by Gasteiger charge is -2.37. The van der Waals surface area contributed by atoms with E-state index in [1.54, 1.807) is 27.7 Å². The van der Waals surface area contributed by atoms with E-state index in [1.165, 1.54) is 4.90 Å². The Morgan fingerprint density at radius 3 is 2.58 bits per heavy atom. The van der Waals surface area contributed by atoms with Gasteiger partial charge in [0.25, 0.3) is 0 Å². The predicted molar refractivity (Wildman–Crippen MR) is 115 cm³/mol. The summed E-state index contributed by atoms with van der Waals surface area (Å²) >= 11 is 0. The van der Waals surface area contributed by atoms with E-state index in [-0.39, 0.29) is 24.5 Å². The van der Waals surface area contributed by atoms with Gasteiger partial charge in [0.05, 0.1) is 12.6 Å². The fraction of sp³-hybridized carbons (Fsp3) is 0.609. The molecule has 2 aliphatic heterocycles. The van der Waals surface area contributed by atoms with Crippen LogP contribution < -0.4 is 10.6 Å². The smallest absolute Gasteiger partial charge is 0.411 e. The van der Waals surface area contributed by atoms with Gasteiger partial charge in [-0.15, -0.1) is 0 Å². The highest BCUT2D eigenvalue weighted by Crippen LogP contribution is 2.25. The van der Waals surface area contributed by atoms with Crippen LogP contribution in [0.3, 0.4) is 0 Å². The molecule has 3 rings (SSSR count). The summed E-state index contributed by atoms with van der Waals surface area (Å²) in [5.41, 5.74) is 1.32. The highest BCUT2D eigenvalue weighted by Gasteiger charge is 2.37. The average Bonchev–Trinajstić information content (AvgIpc) is 3.23. The molecule has 0 aliphatic carbocycles. The number of carbonyl (C=O) groups excluding carboxylic acids is 3. The van der Waals surface area contributed by atoms with Crippen LogP contribution in [-0.4, -0.2) is 59.7 Å². The number of rotatable bonds is 5. The second-order valence-electron chi connectivity index (χ2n) is 9.21. The first-order chi connectivity index (χ1) is 14.6. The molecule has 1 saturated heterocycles. The molecule has 2 heterocycles. The van der Waals surface area contributed by atoms with Crippen LogP contribution in [-0.2, 0) is 32.0 Å². The van der Waals surface area contributed by atoms with Gasteiger partial charge in [0, 0.05) is 19.6 Å². The van der Waals surface area contributed by atoms with Gasteiger partial charge in [0.15, 0.2) is 0 Å². The molecule has 0 radical (unpaired) electrons. The van der Waals surface area contributed by atoms with Gasteiger partial charge in [0.2, 0.25) is 11.8 Å². The van der Waals surface area contributed by atoms with E-state index in [1.807, 2.05) is 24.3 Å². The molecule has 0 aromatic heterocycles. The summed E-state index contributed by atoms with van der Waals surface area (Å²) in [6.45, 7) is 8.44. The lowest BCUT2D eigenvalue weighted by molar-refractivity contribution is -0.132. The highest BCUT2D eigenvalue weighted by atomic mass is 16.6. The van der Waals surface area contributed by atoms with E-state index >= 15 is 0 Å². The topological polar surface area (TPSA) is 97.0 Å². The number of fused-ring (bicyclic) bond motifs is 1. The molecule has 3 amide bonds. The molecule has 0 saturated carbocycles. The maximum atomic E-state index is 13.1. The Bertz CT molecular complexity index is 814. The van der Waals surface area contributed by atoms with Crippen LogP contribution in [0.1, 0.15) is 51.7 Å². The van der Waals surface area contributed by atoms with Gasteiger partial charge >= 0.3 is 6.09 Å². The Labute approximate surface area is 183 Å². The molecule has 1 aromatic rings. The molecule has 0 spiro atoms. The summed E-state index contributed by atoms with van der Waals surface area (Å²) in [6, 6.07) is 6.25. The Balaban J connectivity index is 1.66. The molecule has 8 nitrogen and oxygen atoms in total. The summed E-state index contributed by atoms with van der Waals surface area (Å²) in [5.74, 6) is -0.649. The minimum absolute atomic E-state index is 0.0318. The summed E-state index contributed by atoms with van der Waals surface area (Å²) in [6.07, 6.45) is 1.77. The van der Waals surface area contributed by atoms with Crippen molar-refractivity contribution < 1.29 is 23.9 Å². The molecule has 0 bridgehead atoms. The first-order valence-electron chi connectivity index (χ1n) is 10.9. The first kappa shape index (κ1) is 23.1. The van der Waals surface area contributed by atoms with Crippen LogP contribution in [0.15, 0.2) is 24.3 Å². The number of amides is 3. The Morgan fingerprint density at radius 1 is 1.23 bits per heavy atom. The van der Waals surface area contributed by atoms with Crippen LogP contribution >= 0.6 is 0 Å². The SMILES string of the molecule is C[C@@H](NC(=O)[C@@H]1Cc2ccccc2CN1C(=O)OC(C)(C)C)C(=O)NC[C@@H]1CCCO1. The summed E-state index contributed by atoms with van der Waals surface area (Å²) in [7, 11) is 0. The van der Waals surface area contributed by atoms with E-state index in [4.69, 9.17) is 9.47 Å². The normalized spacial score (nSPS) is 21.7. The largest absolute Gasteiger partial charge is 0.444 e. The quantitative estimate of drug-likeness (QED) is 0.745. The minimum Gasteiger partial charge on any atom is -0.444 e. The van der Waals surface area contributed by atoms with Crippen molar-refractivity contribution in [2.75, 3.05) is 13.2 Å². The molecule has 8 heteroatoms. The zero-order chi connectivity index (χ0) is 22.6. The third kappa shape index (κ3) is 6.19. The van der Waals surface area contributed by atoms with Crippen LogP contribution in [0.4, 0.5) is 4.79 Å². The van der Waals surface area contributed by atoms with Crippen molar-refractivity contribution >= 4 is 17.9 Å². The Hall–Kier alpha value is -2.61. The molecule has 31 heavy (non-hydrogen) atoms. The third-order valence-electron chi connectivity index (χ3n) is 5.46. The number of benzene rings is 1. The van der Waals surface area contributed by atoms with Gasteiger partial charge in [-0.2, -0.15) is 0 Å². The highest BCUT2D eigenvalue weighted by molar-refractivity contribution is 5.91. The van der Waals surface area contributed by atoms with Crippen molar-refractivity contribution in [1.82, 2.24) is 15.5 Å². The molecule has 0 unspecified atom stereocenters. The second-order valence-corrected chi connectivity index (χ2v) is 9.21. The van der Waals surface area contributed by atoms with Crippen molar-refractivity contribution in [1.29, 1.82) is 0 Å². The molecule has 1 aromatic carbocycles. The monoisotopic (exact) mass is 431 g/mol. The summed E-state index contributed by atoms with van der Waals surface area (Å²) in [4.78, 5) is 39.8. The van der Waals surface area contributed by atoms with Crippen LogP contribution in [0, 0.1) is 0 Å². The number of nitrogens with zero attached hydrogens (tertiary/aromatic N) is 1. The molecule has 170 valence electrons. The van der Waals surface area contributed by atoms with Crippen molar-refractivity contribution in [2.24, 2.45) is 0 Å². The molecular weight excluding hydrogens is 398 g/mol. The molecular formula is C23H33N3O5.